The van der Waals surface area contributed by atoms with Gasteiger partial charge in [-0.15, -0.1) is 0 Å². The number of sulfonamides is 1. The van der Waals surface area contributed by atoms with Crippen molar-refractivity contribution in [2.24, 2.45) is 7.05 Å². The van der Waals surface area contributed by atoms with Gasteiger partial charge in [0.25, 0.3) is 5.56 Å². The Bertz CT molecular complexity index is 1440. The van der Waals surface area contributed by atoms with Gasteiger partial charge in [0.2, 0.25) is 10.0 Å². The molecule has 12 heteroatoms. The van der Waals surface area contributed by atoms with Crippen molar-refractivity contribution < 1.29 is 23.1 Å². The average molecular weight is 518 g/mol. The first-order valence-electron chi connectivity index (χ1n) is 12.0. The zero-order valence-electron chi connectivity index (χ0n) is 20.7. The quantitative estimate of drug-likeness (QED) is 0.437. The van der Waals surface area contributed by atoms with Gasteiger partial charge < -0.3 is 19.4 Å². The van der Waals surface area contributed by atoms with E-state index in [9.17, 15) is 18.0 Å². The van der Waals surface area contributed by atoms with Gasteiger partial charge in [0.1, 0.15) is 17.1 Å². The fourth-order valence-corrected chi connectivity index (χ4v) is 6.01. The van der Waals surface area contributed by atoms with E-state index in [0.717, 1.165) is 18.4 Å². The van der Waals surface area contributed by atoms with E-state index >= 15 is 0 Å². The Hall–Kier alpha value is -3.22. The van der Waals surface area contributed by atoms with Crippen molar-refractivity contribution in [1.29, 1.82) is 0 Å². The minimum atomic E-state index is -3.86. The number of rotatable bonds is 9. The molecule has 0 amide bonds. The number of carboxylic acids is 1. The number of piperazine rings is 1. The van der Waals surface area contributed by atoms with E-state index in [2.05, 4.69) is 11.9 Å². The first-order valence-corrected chi connectivity index (χ1v) is 13.4. The van der Waals surface area contributed by atoms with Crippen molar-refractivity contribution in [2.45, 2.75) is 31.6 Å². The number of benzene rings is 1. The predicted molar refractivity (Wildman–Crippen MR) is 135 cm³/mol. The van der Waals surface area contributed by atoms with E-state index in [4.69, 9.17) is 14.8 Å². The van der Waals surface area contributed by atoms with Gasteiger partial charge in [0.05, 0.1) is 29.1 Å². The number of aliphatic carboxylic acids is 1. The molecule has 1 aliphatic rings. The Morgan fingerprint density at radius 2 is 1.92 bits per heavy atom. The Morgan fingerprint density at radius 1 is 1.19 bits per heavy atom. The van der Waals surface area contributed by atoms with E-state index in [1.165, 1.54) is 16.4 Å². The number of ether oxygens (including phenoxy) is 1. The highest BCUT2D eigenvalue weighted by molar-refractivity contribution is 7.89. The molecule has 3 aromatic rings. The van der Waals surface area contributed by atoms with Gasteiger partial charge in [-0.1, -0.05) is 13.3 Å². The molecule has 1 saturated heterocycles. The van der Waals surface area contributed by atoms with Crippen LogP contribution >= 0.6 is 0 Å². The summed E-state index contributed by atoms with van der Waals surface area (Å²) in [6.07, 6.45) is 3.54. The number of aryl methyl sites for hydroxylation is 2. The maximum atomic E-state index is 13.4. The predicted octanol–water partition coefficient (Wildman–Crippen LogP) is 1.67. The third-order valence-electron chi connectivity index (χ3n) is 6.25. The highest BCUT2D eigenvalue weighted by atomic mass is 32.2. The molecule has 2 N–H and O–H groups in total. The second kappa shape index (κ2) is 10.4. The lowest BCUT2D eigenvalue weighted by Gasteiger charge is -2.33. The number of carboxylic acid groups (broad SMARTS) is 1. The van der Waals surface area contributed by atoms with Crippen molar-refractivity contribution in [3.05, 3.63) is 40.3 Å². The number of aromatic amines is 1. The molecule has 0 atom stereocenters. The zero-order valence-corrected chi connectivity index (χ0v) is 21.5. The first kappa shape index (κ1) is 25.9. The number of carbonyl (C=O) groups is 1. The van der Waals surface area contributed by atoms with Crippen LogP contribution in [-0.4, -0.2) is 82.6 Å². The molecule has 0 aliphatic carbocycles. The maximum absolute atomic E-state index is 13.4. The van der Waals surface area contributed by atoms with Gasteiger partial charge in [-0.3, -0.25) is 14.5 Å². The van der Waals surface area contributed by atoms with Crippen LogP contribution in [0.25, 0.3) is 22.4 Å². The number of H-pyrrole nitrogens is 1. The number of hydrogen-bond donors (Lipinski definition) is 2. The summed E-state index contributed by atoms with van der Waals surface area (Å²) in [7, 11) is -2.06. The largest absolute Gasteiger partial charge is 0.493 e. The molecule has 0 bridgehead atoms. The van der Waals surface area contributed by atoms with Gasteiger partial charge in [-0.25, -0.2) is 13.4 Å². The van der Waals surface area contributed by atoms with Crippen LogP contribution in [0.3, 0.4) is 0 Å². The Balaban J connectivity index is 1.75. The zero-order chi connectivity index (χ0) is 26.0. The number of nitrogens with zero attached hydrogens (tertiary/aromatic N) is 4. The maximum Gasteiger partial charge on any atom is 0.317 e. The Kier molecular flexibility index (Phi) is 7.48. The van der Waals surface area contributed by atoms with Crippen LogP contribution < -0.4 is 10.3 Å². The fraction of sp³-hybridized carbons (Fsp3) is 0.458. The van der Waals surface area contributed by atoms with Crippen LogP contribution in [0.15, 0.2) is 34.1 Å². The Morgan fingerprint density at radius 3 is 2.56 bits per heavy atom. The molecule has 0 radical (unpaired) electrons. The smallest absolute Gasteiger partial charge is 0.317 e. The second-order valence-electron chi connectivity index (χ2n) is 8.79. The van der Waals surface area contributed by atoms with Crippen molar-refractivity contribution in [3.8, 4) is 17.1 Å². The molecule has 36 heavy (non-hydrogen) atoms. The molecular formula is C24H31N5O6S. The molecule has 0 spiro atoms. The second-order valence-corrected chi connectivity index (χ2v) is 10.7. The molecule has 1 aliphatic heterocycles. The molecule has 1 fully saturated rings. The standard InChI is InChI=1S/C24H31N5O6S/c1-4-6-16-14-27(3)22-21(16)25-23(26-24(22)32)18-13-17(7-8-19(18)35-5-2)36(33,34)29-11-9-28(10-12-29)15-20(30)31/h7-8,13-14H,4-6,9-12,15H2,1-3H3,(H,30,31)(H,25,26,32). The van der Waals surface area contributed by atoms with E-state index in [0.29, 0.717) is 42.0 Å². The molecular weight excluding hydrogens is 486 g/mol. The molecule has 4 rings (SSSR count). The van der Waals surface area contributed by atoms with Crippen molar-refractivity contribution >= 4 is 27.0 Å². The highest BCUT2D eigenvalue weighted by Gasteiger charge is 2.30. The van der Waals surface area contributed by atoms with E-state index in [-0.39, 0.29) is 35.9 Å². The van der Waals surface area contributed by atoms with Crippen molar-refractivity contribution in [3.63, 3.8) is 0 Å². The number of nitrogens with one attached hydrogen (secondary N) is 1. The molecule has 2 aromatic heterocycles. The third kappa shape index (κ3) is 5.01. The molecule has 0 unspecified atom stereocenters. The molecule has 0 saturated carbocycles. The minimum absolute atomic E-state index is 0.0530. The van der Waals surface area contributed by atoms with Crippen LogP contribution in [0.2, 0.25) is 0 Å². The molecule has 3 heterocycles. The summed E-state index contributed by atoms with van der Waals surface area (Å²) in [6.45, 7) is 5.13. The Labute approximate surface area is 209 Å². The van der Waals surface area contributed by atoms with Crippen molar-refractivity contribution in [1.82, 2.24) is 23.7 Å². The molecule has 1 aromatic carbocycles. The number of fused-ring (bicyclic) bond motifs is 1. The van der Waals surface area contributed by atoms with Crippen LogP contribution in [0.1, 0.15) is 25.8 Å². The van der Waals surface area contributed by atoms with Gasteiger partial charge in [0, 0.05) is 39.4 Å². The molecule has 194 valence electrons. The topological polar surface area (TPSA) is 138 Å². The van der Waals surface area contributed by atoms with E-state index in [1.807, 2.05) is 13.1 Å². The van der Waals surface area contributed by atoms with Gasteiger partial charge in [-0.05, 0) is 37.1 Å². The molecule has 11 nitrogen and oxygen atoms in total. The van der Waals surface area contributed by atoms with Crippen molar-refractivity contribution in [2.75, 3.05) is 39.3 Å². The van der Waals surface area contributed by atoms with Gasteiger partial charge in [-0.2, -0.15) is 4.31 Å². The van der Waals surface area contributed by atoms with Crippen LogP contribution in [0.5, 0.6) is 5.75 Å². The fourth-order valence-electron chi connectivity index (χ4n) is 4.56. The minimum Gasteiger partial charge on any atom is -0.493 e. The number of aromatic nitrogens is 3. The normalized spacial score (nSPS) is 15.4. The van der Waals surface area contributed by atoms with Gasteiger partial charge >= 0.3 is 5.97 Å². The third-order valence-corrected chi connectivity index (χ3v) is 8.15. The SMILES string of the molecule is CCCc1cn(C)c2c(=O)[nH]c(-c3cc(S(=O)(=O)N4CCN(CC(=O)O)CC4)ccc3OCC)nc12. The lowest BCUT2D eigenvalue weighted by molar-refractivity contribution is -0.138. The summed E-state index contributed by atoms with van der Waals surface area (Å²) in [5.74, 6) is -0.289. The summed E-state index contributed by atoms with van der Waals surface area (Å²) in [6, 6.07) is 4.54. The number of hydrogen-bond acceptors (Lipinski definition) is 7. The van der Waals surface area contributed by atoms with E-state index in [1.54, 1.807) is 22.6 Å². The van der Waals surface area contributed by atoms with Gasteiger partial charge in [0.15, 0.2) is 0 Å². The monoisotopic (exact) mass is 517 g/mol. The summed E-state index contributed by atoms with van der Waals surface area (Å²) in [4.78, 5) is 33.3. The summed E-state index contributed by atoms with van der Waals surface area (Å²) in [5.41, 5.74) is 2.06. The summed E-state index contributed by atoms with van der Waals surface area (Å²) < 4.78 is 35.7. The lowest BCUT2D eigenvalue weighted by atomic mass is 10.1. The highest BCUT2D eigenvalue weighted by Crippen LogP contribution is 2.32. The van der Waals surface area contributed by atoms with Crippen LogP contribution in [0, 0.1) is 0 Å². The first-order chi connectivity index (χ1) is 17.1. The van der Waals surface area contributed by atoms with Crippen LogP contribution in [0.4, 0.5) is 0 Å². The van der Waals surface area contributed by atoms with E-state index < -0.39 is 16.0 Å². The average Bonchev–Trinajstić information content (AvgIpc) is 3.15. The summed E-state index contributed by atoms with van der Waals surface area (Å²) in [5, 5.41) is 8.99. The lowest BCUT2D eigenvalue weighted by Crippen LogP contribution is -2.49. The summed E-state index contributed by atoms with van der Waals surface area (Å²) >= 11 is 0. The van der Waals surface area contributed by atoms with Crippen LogP contribution in [-0.2, 0) is 28.3 Å².